The fourth-order valence-electron chi connectivity index (χ4n) is 0.825. The van der Waals surface area contributed by atoms with E-state index in [9.17, 15) is 4.79 Å². The molecule has 1 atom stereocenters. The van der Waals surface area contributed by atoms with Gasteiger partial charge in [-0.1, -0.05) is 0 Å². The Morgan fingerprint density at radius 2 is 2.42 bits per heavy atom. The molecular formula is C7H11N3O2. The summed E-state index contributed by atoms with van der Waals surface area (Å²) in [5.41, 5.74) is 5.61. The monoisotopic (exact) mass is 169 g/mol. The van der Waals surface area contributed by atoms with Gasteiger partial charge in [0, 0.05) is 13.2 Å². The van der Waals surface area contributed by atoms with Crippen molar-refractivity contribution < 1.29 is 4.74 Å². The number of aromatic amines is 1. The first-order chi connectivity index (χ1) is 5.63. The van der Waals surface area contributed by atoms with Gasteiger partial charge in [-0.25, -0.2) is 4.98 Å². The summed E-state index contributed by atoms with van der Waals surface area (Å²) in [4.78, 5) is 17.1. The number of nitrogens with two attached hydrogens (primary N) is 1. The van der Waals surface area contributed by atoms with Crippen LogP contribution in [0.2, 0.25) is 0 Å². The van der Waals surface area contributed by atoms with Crippen molar-refractivity contribution in [2.75, 3.05) is 12.8 Å². The van der Waals surface area contributed by atoms with E-state index >= 15 is 0 Å². The highest BCUT2D eigenvalue weighted by Gasteiger charge is 2.06. The van der Waals surface area contributed by atoms with E-state index in [1.54, 1.807) is 14.0 Å². The van der Waals surface area contributed by atoms with Crippen molar-refractivity contribution in [3.05, 3.63) is 22.1 Å². The van der Waals surface area contributed by atoms with Crippen LogP contribution in [-0.2, 0) is 4.74 Å². The maximum absolute atomic E-state index is 10.9. The molecule has 0 aliphatic rings. The van der Waals surface area contributed by atoms with E-state index in [-0.39, 0.29) is 17.6 Å². The number of hydrogen-bond donors (Lipinski definition) is 2. The SMILES string of the molecule is COC(C)c1cc(=O)[nH]c(N)n1. The zero-order valence-corrected chi connectivity index (χ0v) is 7.00. The quantitative estimate of drug-likeness (QED) is 0.656. The lowest BCUT2D eigenvalue weighted by Crippen LogP contribution is -2.13. The summed E-state index contributed by atoms with van der Waals surface area (Å²) < 4.78 is 4.98. The molecule has 0 bridgehead atoms. The maximum Gasteiger partial charge on any atom is 0.252 e. The molecule has 0 aliphatic carbocycles. The third-order valence-corrected chi connectivity index (χ3v) is 1.55. The average molecular weight is 169 g/mol. The summed E-state index contributed by atoms with van der Waals surface area (Å²) in [6, 6.07) is 1.37. The number of nitrogen functional groups attached to an aromatic ring is 1. The molecule has 0 saturated heterocycles. The summed E-state index contributed by atoms with van der Waals surface area (Å²) in [7, 11) is 1.55. The number of nitrogens with one attached hydrogen (secondary N) is 1. The number of aromatic nitrogens is 2. The Morgan fingerprint density at radius 3 is 2.92 bits per heavy atom. The van der Waals surface area contributed by atoms with Crippen LogP contribution in [0.3, 0.4) is 0 Å². The first kappa shape index (κ1) is 8.73. The summed E-state index contributed by atoms with van der Waals surface area (Å²) >= 11 is 0. The van der Waals surface area contributed by atoms with Crippen LogP contribution in [-0.4, -0.2) is 17.1 Å². The van der Waals surface area contributed by atoms with Gasteiger partial charge in [0.1, 0.15) is 0 Å². The van der Waals surface area contributed by atoms with Gasteiger partial charge in [0.15, 0.2) is 0 Å². The molecule has 12 heavy (non-hydrogen) atoms. The number of nitrogens with zero attached hydrogens (tertiary/aromatic N) is 1. The Bertz CT molecular complexity index is 321. The molecule has 5 heteroatoms. The minimum atomic E-state index is -0.263. The smallest absolute Gasteiger partial charge is 0.252 e. The van der Waals surface area contributed by atoms with Crippen LogP contribution in [0.5, 0.6) is 0 Å². The standard InChI is InChI=1S/C7H11N3O2/c1-4(12-2)5-3-6(11)10-7(8)9-5/h3-4H,1-2H3,(H3,8,9,10,11). The largest absolute Gasteiger partial charge is 0.375 e. The molecule has 1 heterocycles. The summed E-state index contributed by atoms with van der Waals surface area (Å²) in [5, 5.41) is 0. The lowest BCUT2D eigenvalue weighted by molar-refractivity contribution is 0.116. The third-order valence-electron chi connectivity index (χ3n) is 1.55. The van der Waals surface area contributed by atoms with Crippen LogP contribution < -0.4 is 11.3 Å². The van der Waals surface area contributed by atoms with Crippen molar-refractivity contribution in [3.8, 4) is 0 Å². The number of anilines is 1. The van der Waals surface area contributed by atoms with Gasteiger partial charge in [0.2, 0.25) is 5.95 Å². The first-order valence-corrected chi connectivity index (χ1v) is 3.53. The molecule has 0 amide bonds. The molecule has 1 aromatic heterocycles. The fraction of sp³-hybridized carbons (Fsp3) is 0.429. The number of rotatable bonds is 2. The zero-order chi connectivity index (χ0) is 9.14. The summed E-state index contributed by atoms with van der Waals surface area (Å²) in [5.74, 6) is 0.112. The van der Waals surface area contributed by atoms with Crippen LogP contribution in [0, 0.1) is 0 Å². The summed E-state index contributed by atoms with van der Waals surface area (Å²) in [6.07, 6.45) is -0.213. The number of methoxy groups -OCH3 is 1. The Morgan fingerprint density at radius 1 is 1.75 bits per heavy atom. The van der Waals surface area contributed by atoms with Crippen LogP contribution in [0.4, 0.5) is 5.95 Å². The molecule has 1 unspecified atom stereocenters. The van der Waals surface area contributed by atoms with Gasteiger partial charge in [-0.2, -0.15) is 0 Å². The Hall–Kier alpha value is -1.36. The minimum Gasteiger partial charge on any atom is -0.375 e. The number of hydrogen-bond acceptors (Lipinski definition) is 4. The molecule has 1 aromatic rings. The first-order valence-electron chi connectivity index (χ1n) is 3.53. The molecular weight excluding hydrogens is 158 g/mol. The summed E-state index contributed by atoms with van der Waals surface area (Å²) in [6.45, 7) is 1.79. The molecule has 5 nitrogen and oxygen atoms in total. The van der Waals surface area contributed by atoms with Crippen molar-refractivity contribution in [1.82, 2.24) is 9.97 Å². The van der Waals surface area contributed by atoms with E-state index in [0.717, 1.165) is 0 Å². The molecule has 3 N–H and O–H groups in total. The van der Waals surface area contributed by atoms with Gasteiger partial charge in [-0.15, -0.1) is 0 Å². The highest BCUT2D eigenvalue weighted by Crippen LogP contribution is 2.10. The van der Waals surface area contributed by atoms with Gasteiger partial charge in [-0.3, -0.25) is 9.78 Å². The van der Waals surface area contributed by atoms with Crippen molar-refractivity contribution in [3.63, 3.8) is 0 Å². The van der Waals surface area contributed by atoms with E-state index in [4.69, 9.17) is 10.5 Å². The maximum atomic E-state index is 10.9. The lowest BCUT2D eigenvalue weighted by Gasteiger charge is -2.07. The average Bonchev–Trinajstić information content (AvgIpc) is 2.01. The van der Waals surface area contributed by atoms with Crippen molar-refractivity contribution in [2.24, 2.45) is 0 Å². The van der Waals surface area contributed by atoms with Gasteiger partial charge in [0.25, 0.3) is 5.56 Å². The van der Waals surface area contributed by atoms with Gasteiger partial charge in [-0.05, 0) is 6.92 Å². The molecule has 0 aromatic carbocycles. The number of H-pyrrole nitrogens is 1. The van der Waals surface area contributed by atoms with E-state index < -0.39 is 0 Å². The fourth-order valence-corrected chi connectivity index (χ4v) is 0.825. The van der Waals surface area contributed by atoms with E-state index in [1.807, 2.05) is 0 Å². The lowest BCUT2D eigenvalue weighted by atomic mass is 10.3. The highest BCUT2D eigenvalue weighted by atomic mass is 16.5. The second-order valence-corrected chi connectivity index (χ2v) is 2.43. The highest BCUT2D eigenvalue weighted by molar-refractivity contribution is 5.18. The van der Waals surface area contributed by atoms with E-state index in [1.165, 1.54) is 6.07 Å². The Labute approximate surface area is 69.6 Å². The Balaban J connectivity index is 3.08. The normalized spacial score (nSPS) is 12.8. The van der Waals surface area contributed by atoms with Crippen LogP contribution in [0.25, 0.3) is 0 Å². The van der Waals surface area contributed by atoms with Crippen molar-refractivity contribution in [1.29, 1.82) is 0 Å². The van der Waals surface area contributed by atoms with Crippen LogP contribution in [0.1, 0.15) is 18.7 Å². The second kappa shape index (κ2) is 3.36. The number of ether oxygens (including phenoxy) is 1. The predicted octanol–water partition coefficient (Wildman–Crippen LogP) is 0.0595. The third kappa shape index (κ3) is 1.82. The molecule has 0 aliphatic heterocycles. The molecule has 66 valence electrons. The molecule has 0 spiro atoms. The van der Waals surface area contributed by atoms with Gasteiger partial charge < -0.3 is 10.5 Å². The topological polar surface area (TPSA) is 81.0 Å². The minimum absolute atomic E-state index is 0.112. The Kier molecular flexibility index (Phi) is 2.44. The van der Waals surface area contributed by atoms with Gasteiger partial charge >= 0.3 is 0 Å². The molecule has 1 rings (SSSR count). The van der Waals surface area contributed by atoms with Crippen molar-refractivity contribution in [2.45, 2.75) is 13.0 Å². The molecule has 0 fully saturated rings. The predicted molar refractivity (Wildman–Crippen MR) is 44.7 cm³/mol. The van der Waals surface area contributed by atoms with Crippen LogP contribution >= 0.6 is 0 Å². The zero-order valence-electron chi connectivity index (χ0n) is 7.00. The molecule has 0 radical (unpaired) electrons. The van der Waals surface area contributed by atoms with Crippen LogP contribution in [0.15, 0.2) is 10.9 Å². The van der Waals surface area contributed by atoms with E-state index in [0.29, 0.717) is 5.69 Å². The second-order valence-electron chi connectivity index (χ2n) is 2.43. The van der Waals surface area contributed by atoms with Crippen molar-refractivity contribution >= 4 is 5.95 Å². The van der Waals surface area contributed by atoms with Gasteiger partial charge in [0.05, 0.1) is 11.8 Å². The molecule has 0 saturated carbocycles. The van der Waals surface area contributed by atoms with E-state index in [2.05, 4.69) is 9.97 Å².